The number of pyridine rings is 1. The maximum absolute atomic E-state index is 11.1. The first-order valence-electron chi connectivity index (χ1n) is 5.23. The van der Waals surface area contributed by atoms with Crippen LogP contribution in [0.2, 0.25) is 0 Å². The Morgan fingerprint density at radius 3 is 2.50 bits per heavy atom. The molecule has 6 heteroatoms. The lowest BCUT2D eigenvalue weighted by molar-refractivity contribution is 0.0692. The van der Waals surface area contributed by atoms with Crippen molar-refractivity contribution in [2.75, 3.05) is 0 Å². The molecule has 18 heavy (non-hydrogen) atoms. The van der Waals surface area contributed by atoms with E-state index in [0.717, 1.165) is 23.0 Å². The maximum Gasteiger partial charge on any atom is 0.338 e. The van der Waals surface area contributed by atoms with Gasteiger partial charge in [0.1, 0.15) is 5.03 Å². The fourth-order valence-corrected chi connectivity index (χ4v) is 2.13. The van der Waals surface area contributed by atoms with Crippen LogP contribution in [0, 0.1) is 13.8 Å². The number of nitrogens with zero attached hydrogens (tertiary/aromatic N) is 3. The summed E-state index contributed by atoms with van der Waals surface area (Å²) < 4.78 is 0. The van der Waals surface area contributed by atoms with E-state index in [0.29, 0.717) is 10.2 Å². The van der Waals surface area contributed by atoms with Crippen LogP contribution in [0.25, 0.3) is 0 Å². The highest BCUT2D eigenvalue weighted by molar-refractivity contribution is 7.99. The van der Waals surface area contributed by atoms with Crippen molar-refractivity contribution in [2.45, 2.75) is 24.0 Å². The van der Waals surface area contributed by atoms with E-state index in [1.54, 1.807) is 24.5 Å². The van der Waals surface area contributed by atoms with Gasteiger partial charge in [-0.15, -0.1) is 0 Å². The third kappa shape index (κ3) is 2.84. The molecule has 0 unspecified atom stereocenters. The molecule has 2 rings (SSSR count). The van der Waals surface area contributed by atoms with E-state index in [2.05, 4.69) is 15.0 Å². The third-order valence-corrected chi connectivity index (χ3v) is 3.07. The van der Waals surface area contributed by atoms with E-state index < -0.39 is 5.97 Å². The molecule has 0 spiro atoms. The number of aromatic nitrogens is 3. The maximum atomic E-state index is 11.1. The molecule has 0 saturated heterocycles. The molecular formula is C12H11N3O2S. The minimum Gasteiger partial charge on any atom is -0.478 e. The lowest BCUT2D eigenvalue weighted by Crippen LogP contribution is -2.02. The van der Waals surface area contributed by atoms with Crippen molar-refractivity contribution >= 4 is 17.7 Å². The highest BCUT2D eigenvalue weighted by Gasteiger charge is 2.14. The average Bonchev–Trinajstić information content (AvgIpc) is 2.32. The van der Waals surface area contributed by atoms with Crippen molar-refractivity contribution in [3.63, 3.8) is 0 Å². The first-order chi connectivity index (χ1) is 8.56. The molecule has 0 saturated carbocycles. The summed E-state index contributed by atoms with van der Waals surface area (Å²) in [5.74, 6) is -1.00. The smallest absolute Gasteiger partial charge is 0.338 e. The predicted molar refractivity (Wildman–Crippen MR) is 66.8 cm³/mol. The molecule has 0 bridgehead atoms. The van der Waals surface area contributed by atoms with Gasteiger partial charge in [0.25, 0.3) is 0 Å². The summed E-state index contributed by atoms with van der Waals surface area (Å²) in [6.07, 6.45) is 3.37. The van der Waals surface area contributed by atoms with Crippen LogP contribution < -0.4 is 0 Å². The minimum absolute atomic E-state index is 0.162. The zero-order chi connectivity index (χ0) is 13.1. The molecule has 0 radical (unpaired) electrons. The topological polar surface area (TPSA) is 76.0 Å². The van der Waals surface area contributed by atoms with Crippen molar-refractivity contribution in [3.05, 3.63) is 41.3 Å². The quantitative estimate of drug-likeness (QED) is 0.855. The number of carboxylic acids is 1. The summed E-state index contributed by atoms with van der Waals surface area (Å²) in [5, 5.41) is 9.98. The zero-order valence-electron chi connectivity index (χ0n) is 9.91. The molecule has 0 aromatic carbocycles. The Labute approximate surface area is 108 Å². The van der Waals surface area contributed by atoms with Crippen molar-refractivity contribution < 1.29 is 9.90 Å². The number of aryl methyl sites for hydroxylation is 2. The lowest BCUT2D eigenvalue weighted by Gasteiger charge is -2.04. The van der Waals surface area contributed by atoms with Gasteiger partial charge in [0.05, 0.1) is 5.56 Å². The molecule has 5 nitrogen and oxygen atoms in total. The van der Waals surface area contributed by atoms with Gasteiger partial charge < -0.3 is 5.11 Å². The number of carboxylic acid groups (broad SMARTS) is 1. The second-order valence-electron chi connectivity index (χ2n) is 3.76. The monoisotopic (exact) mass is 261 g/mol. The lowest BCUT2D eigenvalue weighted by atomic mass is 10.2. The summed E-state index contributed by atoms with van der Waals surface area (Å²) in [6, 6.07) is 3.21. The first-order valence-corrected chi connectivity index (χ1v) is 6.05. The number of carbonyl (C=O) groups is 1. The summed E-state index contributed by atoms with van der Waals surface area (Å²) in [6.45, 7) is 3.70. The van der Waals surface area contributed by atoms with Crippen LogP contribution in [0.4, 0.5) is 0 Å². The Morgan fingerprint density at radius 2 is 1.89 bits per heavy atom. The standard InChI is InChI=1S/C12H11N3O2S/c1-7-5-13-12(14-6-7)18-10-9(11(16)17)4-3-8(2)15-10/h3-6H,1-2H3,(H,16,17). The minimum atomic E-state index is -1.00. The SMILES string of the molecule is Cc1cnc(Sc2nc(C)ccc2C(=O)O)nc1. The molecule has 2 aromatic heterocycles. The molecule has 0 atom stereocenters. The molecule has 92 valence electrons. The molecule has 0 amide bonds. The van der Waals surface area contributed by atoms with Crippen LogP contribution in [0.5, 0.6) is 0 Å². The predicted octanol–water partition coefficient (Wildman–Crippen LogP) is 2.34. The third-order valence-electron chi connectivity index (χ3n) is 2.18. The molecule has 2 heterocycles. The van der Waals surface area contributed by atoms with Crippen molar-refractivity contribution in [1.82, 2.24) is 15.0 Å². The van der Waals surface area contributed by atoms with Crippen LogP contribution in [0.15, 0.2) is 34.7 Å². The Kier molecular flexibility index (Phi) is 3.57. The molecule has 0 aliphatic rings. The van der Waals surface area contributed by atoms with Crippen molar-refractivity contribution in [3.8, 4) is 0 Å². The van der Waals surface area contributed by atoms with Crippen LogP contribution in [-0.4, -0.2) is 26.0 Å². The largest absolute Gasteiger partial charge is 0.478 e. The van der Waals surface area contributed by atoms with Gasteiger partial charge in [-0.3, -0.25) is 0 Å². The summed E-state index contributed by atoms with van der Waals surface area (Å²) in [4.78, 5) is 23.5. The van der Waals surface area contributed by atoms with Gasteiger partial charge in [-0.25, -0.2) is 19.7 Å². The van der Waals surface area contributed by atoms with E-state index in [-0.39, 0.29) is 5.56 Å². The Hall–Kier alpha value is -1.95. The summed E-state index contributed by atoms with van der Waals surface area (Å²) >= 11 is 1.15. The fourth-order valence-electron chi connectivity index (χ4n) is 1.29. The van der Waals surface area contributed by atoms with Gasteiger partial charge in [0, 0.05) is 18.1 Å². The zero-order valence-corrected chi connectivity index (χ0v) is 10.7. The van der Waals surface area contributed by atoms with E-state index in [4.69, 9.17) is 5.11 Å². The van der Waals surface area contributed by atoms with Crippen molar-refractivity contribution in [2.24, 2.45) is 0 Å². The summed E-state index contributed by atoms with van der Waals surface area (Å²) in [5.41, 5.74) is 1.87. The molecule has 2 aromatic rings. The summed E-state index contributed by atoms with van der Waals surface area (Å²) in [7, 11) is 0. The molecule has 0 fully saturated rings. The fraction of sp³-hybridized carbons (Fsp3) is 0.167. The van der Waals surface area contributed by atoms with Gasteiger partial charge in [0.15, 0.2) is 5.16 Å². The van der Waals surface area contributed by atoms with Gasteiger partial charge in [0.2, 0.25) is 0 Å². The second kappa shape index (κ2) is 5.14. The van der Waals surface area contributed by atoms with E-state index in [9.17, 15) is 4.79 Å². The van der Waals surface area contributed by atoms with Crippen molar-refractivity contribution in [1.29, 1.82) is 0 Å². The van der Waals surface area contributed by atoms with E-state index in [1.165, 1.54) is 0 Å². The highest BCUT2D eigenvalue weighted by Crippen LogP contribution is 2.26. The van der Waals surface area contributed by atoms with Crippen LogP contribution in [-0.2, 0) is 0 Å². The van der Waals surface area contributed by atoms with Gasteiger partial charge in [-0.2, -0.15) is 0 Å². The highest BCUT2D eigenvalue weighted by atomic mass is 32.2. The average molecular weight is 261 g/mol. The van der Waals surface area contributed by atoms with Gasteiger partial charge >= 0.3 is 5.97 Å². The molecule has 0 aliphatic carbocycles. The van der Waals surface area contributed by atoms with E-state index >= 15 is 0 Å². The first kappa shape index (κ1) is 12.5. The molecular weight excluding hydrogens is 250 g/mol. The van der Waals surface area contributed by atoms with Gasteiger partial charge in [-0.1, -0.05) is 0 Å². The number of aromatic carboxylic acids is 1. The number of rotatable bonds is 3. The van der Waals surface area contributed by atoms with Crippen LogP contribution in [0.1, 0.15) is 21.6 Å². The van der Waals surface area contributed by atoms with E-state index in [1.807, 2.05) is 13.8 Å². The normalized spacial score (nSPS) is 10.3. The molecule has 0 aliphatic heterocycles. The molecule has 1 N–H and O–H groups in total. The Balaban J connectivity index is 2.35. The van der Waals surface area contributed by atoms with Crippen LogP contribution in [0.3, 0.4) is 0 Å². The van der Waals surface area contributed by atoms with Gasteiger partial charge in [-0.05, 0) is 43.3 Å². The Bertz CT molecular complexity index is 584. The number of hydrogen-bond donors (Lipinski definition) is 1. The number of hydrogen-bond acceptors (Lipinski definition) is 5. The second-order valence-corrected chi connectivity index (χ2v) is 4.71. The Morgan fingerprint density at radius 1 is 1.22 bits per heavy atom. The van der Waals surface area contributed by atoms with Crippen LogP contribution >= 0.6 is 11.8 Å².